The first-order chi connectivity index (χ1) is 12.2. The van der Waals surface area contributed by atoms with Crippen LogP contribution in [0.3, 0.4) is 0 Å². The smallest absolute Gasteiger partial charge is 0.325 e. The van der Waals surface area contributed by atoms with Crippen molar-refractivity contribution < 1.29 is 18.0 Å². The molecular formula is C17H11F3N4OS. The maximum absolute atomic E-state index is 13.1. The highest BCUT2D eigenvalue weighted by atomic mass is 32.2. The number of aromatic nitrogens is 1. The van der Waals surface area contributed by atoms with Crippen molar-refractivity contribution in [2.24, 2.45) is 0 Å². The number of carbonyl (C=O) groups excluding carboxylic acids is 1. The van der Waals surface area contributed by atoms with E-state index in [-0.39, 0.29) is 16.5 Å². The van der Waals surface area contributed by atoms with E-state index in [2.05, 4.69) is 10.3 Å². The van der Waals surface area contributed by atoms with Crippen molar-refractivity contribution in [3.63, 3.8) is 0 Å². The highest BCUT2D eigenvalue weighted by molar-refractivity contribution is 8.00. The molecule has 0 fully saturated rings. The molecule has 0 unspecified atom stereocenters. The summed E-state index contributed by atoms with van der Waals surface area (Å²) in [6, 6.07) is 10.5. The van der Waals surface area contributed by atoms with Crippen LogP contribution in [0, 0.1) is 29.6 Å². The predicted octanol–water partition coefficient (Wildman–Crippen LogP) is 3.88. The summed E-state index contributed by atoms with van der Waals surface area (Å²) < 4.78 is 39.2. The van der Waals surface area contributed by atoms with Gasteiger partial charge in [-0.3, -0.25) is 4.79 Å². The number of thioether (sulfide) groups is 1. The molecule has 26 heavy (non-hydrogen) atoms. The molecule has 0 bridgehead atoms. The van der Waals surface area contributed by atoms with Crippen LogP contribution in [0.15, 0.2) is 35.4 Å². The van der Waals surface area contributed by atoms with Gasteiger partial charge in [0.1, 0.15) is 11.1 Å². The maximum atomic E-state index is 13.1. The van der Waals surface area contributed by atoms with E-state index in [4.69, 9.17) is 10.5 Å². The summed E-state index contributed by atoms with van der Waals surface area (Å²) >= 11 is 0.743. The van der Waals surface area contributed by atoms with Crippen molar-refractivity contribution in [2.75, 3.05) is 11.1 Å². The number of aryl methyl sites for hydroxylation is 1. The zero-order valence-electron chi connectivity index (χ0n) is 13.4. The lowest BCUT2D eigenvalue weighted by molar-refractivity contribution is -0.138. The number of nitrogens with zero attached hydrogens (tertiary/aromatic N) is 3. The fourth-order valence-corrected chi connectivity index (χ4v) is 2.93. The van der Waals surface area contributed by atoms with E-state index in [0.29, 0.717) is 11.3 Å². The zero-order chi connectivity index (χ0) is 19.3. The minimum atomic E-state index is -4.69. The Bertz CT molecular complexity index is 929. The van der Waals surface area contributed by atoms with Crippen LogP contribution in [-0.4, -0.2) is 16.6 Å². The van der Waals surface area contributed by atoms with Crippen LogP contribution < -0.4 is 5.32 Å². The summed E-state index contributed by atoms with van der Waals surface area (Å²) in [4.78, 5) is 15.9. The second-order valence-corrected chi connectivity index (χ2v) is 6.09. The molecule has 1 N–H and O–H groups in total. The van der Waals surface area contributed by atoms with E-state index in [1.807, 2.05) is 6.07 Å². The minimum Gasteiger partial charge on any atom is -0.325 e. The number of anilines is 1. The Morgan fingerprint density at radius 3 is 2.62 bits per heavy atom. The second-order valence-electron chi connectivity index (χ2n) is 5.13. The summed E-state index contributed by atoms with van der Waals surface area (Å²) in [5, 5.41) is 20.3. The van der Waals surface area contributed by atoms with Crippen molar-refractivity contribution in [3.8, 4) is 12.1 Å². The number of rotatable bonds is 4. The molecule has 2 aromatic rings. The average Bonchev–Trinajstić information content (AvgIpc) is 2.58. The lowest BCUT2D eigenvalue weighted by Gasteiger charge is -2.12. The highest BCUT2D eigenvalue weighted by Gasteiger charge is 2.35. The summed E-state index contributed by atoms with van der Waals surface area (Å²) in [7, 11) is 0. The quantitative estimate of drug-likeness (QED) is 0.818. The molecule has 5 nitrogen and oxygen atoms in total. The van der Waals surface area contributed by atoms with Gasteiger partial charge in [-0.2, -0.15) is 23.7 Å². The Balaban J connectivity index is 2.16. The zero-order valence-corrected chi connectivity index (χ0v) is 14.2. The lowest BCUT2D eigenvalue weighted by atomic mass is 10.1. The molecule has 0 aliphatic carbocycles. The van der Waals surface area contributed by atoms with Crippen LogP contribution in [0.2, 0.25) is 0 Å². The number of nitriles is 2. The van der Waals surface area contributed by atoms with Crippen molar-refractivity contribution in [3.05, 3.63) is 52.7 Å². The van der Waals surface area contributed by atoms with Gasteiger partial charge in [0.15, 0.2) is 0 Å². The largest absolute Gasteiger partial charge is 0.417 e. The highest BCUT2D eigenvalue weighted by Crippen LogP contribution is 2.35. The first kappa shape index (κ1) is 19.3. The maximum Gasteiger partial charge on any atom is 0.417 e. The monoisotopic (exact) mass is 376 g/mol. The molecule has 0 aliphatic rings. The average molecular weight is 376 g/mol. The normalized spacial score (nSPS) is 10.7. The molecule has 1 amide bonds. The SMILES string of the molecule is Cc1cc(C(F)(F)F)c(C#N)c(SCC(=O)Nc2cccc(C#N)c2)n1. The van der Waals surface area contributed by atoms with Gasteiger partial charge in [0.05, 0.1) is 28.5 Å². The van der Waals surface area contributed by atoms with Gasteiger partial charge in [-0.15, -0.1) is 0 Å². The van der Waals surface area contributed by atoms with E-state index < -0.39 is 23.2 Å². The molecular weight excluding hydrogens is 365 g/mol. The lowest BCUT2D eigenvalue weighted by Crippen LogP contribution is -2.15. The number of pyridine rings is 1. The van der Waals surface area contributed by atoms with Crippen LogP contribution in [0.5, 0.6) is 0 Å². The van der Waals surface area contributed by atoms with E-state index in [1.54, 1.807) is 18.2 Å². The number of nitrogens with one attached hydrogen (secondary N) is 1. The molecule has 0 spiro atoms. The van der Waals surface area contributed by atoms with Crippen LogP contribution in [-0.2, 0) is 11.0 Å². The van der Waals surface area contributed by atoms with Gasteiger partial charge >= 0.3 is 6.18 Å². The van der Waals surface area contributed by atoms with Gasteiger partial charge in [0, 0.05) is 11.4 Å². The number of halogens is 3. The molecule has 1 aromatic carbocycles. The van der Waals surface area contributed by atoms with Gasteiger partial charge < -0.3 is 5.32 Å². The third kappa shape index (κ3) is 4.74. The predicted molar refractivity (Wildman–Crippen MR) is 89.2 cm³/mol. The molecule has 9 heteroatoms. The molecule has 0 atom stereocenters. The van der Waals surface area contributed by atoms with Crippen molar-refractivity contribution in [1.29, 1.82) is 10.5 Å². The van der Waals surface area contributed by atoms with Crippen LogP contribution in [0.1, 0.15) is 22.4 Å². The molecule has 0 saturated heterocycles. The van der Waals surface area contributed by atoms with Gasteiger partial charge in [0.2, 0.25) is 5.91 Å². The molecule has 2 rings (SSSR count). The summed E-state index contributed by atoms with van der Waals surface area (Å²) in [5.74, 6) is -0.731. The summed E-state index contributed by atoms with van der Waals surface area (Å²) in [6.07, 6.45) is -4.69. The minimum absolute atomic E-state index is 0.0981. The molecule has 0 aliphatic heterocycles. The van der Waals surface area contributed by atoms with E-state index in [1.165, 1.54) is 19.1 Å². The van der Waals surface area contributed by atoms with E-state index in [9.17, 15) is 18.0 Å². The number of hydrogen-bond acceptors (Lipinski definition) is 5. The van der Waals surface area contributed by atoms with Gasteiger partial charge in [-0.05, 0) is 31.2 Å². The fourth-order valence-electron chi connectivity index (χ4n) is 2.08. The van der Waals surface area contributed by atoms with E-state index in [0.717, 1.165) is 17.8 Å². The standard InChI is InChI=1S/C17H11F3N4OS/c1-10-5-14(17(18,19)20)13(8-22)16(23-10)26-9-15(25)24-12-4-2-3-11(6-12)7-21/h2-6H,9H2,1H3,(H,24,25). The first-order valence-electron chi connectivity index (χ1n) is 7.16. The van der Waals surface area contributed by atoms with Crippen LogP contribution >= 0.6 is 11.8 Å². The Morgan fingerprint density at radius 2 is 2.00 bits per heavy atom. The number of carbonyl (C=O) groups is 1. The molecule has 0 radical (unpaired) electrons. The molecule has 0 saturated carbocycles. The topological polar surface area (TPSA) is 89.6 Å². The van der Waals surface area contributed by atoms with E-state index >= 15 is 0 Å². The van der Waals surface area contributed by atoms with Gasteiger partial charge in [0.25, 0.3) is 0 Å². The Labute approximate surface area is 151 Å². The third-order valence-electron chi connectivity index (χ3n) is 3.15. The van der Waals surface area contributed by atoms with Crippen LogP contribution in [0.25, 0.3) is 0 Å². The van der Waals surface area contributed by atoms with Crippen molar-refractivity contribution in [2.45, 2.75) is 18.1 Å². The molecule has 1 heterocycles. The second kappa shape index (κ2) is 7.89. The van der Waals surface area contributed by atoms with Crippen molar-refractivity contribution >= 4 is 23.4 Å². The van der Waals surface area contributed by atoms with Crippen molar-refractivity contribution in [1.82, 2.24) is 4.98 Å². The Morgan fingerprint density at radius 1 is 1.27 bits per heavy atom. The molecule has 132 valence electrons. The van der Waals surface area contributed by atoms with Gasteiger partial charge in [-0.25, -0.2) is 4.98 Å². The number of amides is 1. The molecule has 1 aromatic heterocycles. The number of alkyl halides is 3. The van der Waals surface area contributed by atoms with Gasteiger partial charge in [-0.1, -0.05) is 17.8 Å². The summed E-state index contributed by atoms with van der Waals surface area (Å²) in [5.41, 5.74) is -0.828. The number of benzene rings is 1. The fraction of sp³-hybridized carbons (Fsp3) is 0.176. The number of hydrogen-bond donors (Lipinski definition) is 1. The summed E-state index contributed by atoms with van der Waals surface area (Å²) in [6.45, 7) is 1.38. The Hall–Kier alpha value is -3.04. The third-order valence-corrected chi connectivity index (χ3v) is 4.12. The first-order valence-corrected chi connectivity index (χ1v) is 8.15. The van der Waals surface area contributed by atoms with Crippen LogP contribution in [0.4, 0.5) is 18.9 Å². The Kier molecular flexibility index (Phi) is 5.86.